The number of hydrogen-bond acceptors (Lipinski definition) is 5. The topological polar surface area (TPSA) is 74.8 Å². The van der Waals surface area contributed by atoms with E-state index in [1.165, 1.54) is 12.8 Å². The van der Waals surface area contributed by atoms with Crippen molar-refractivity contribution >= 4 is 11.8 Å². The molecular formula is C21H30N4O3. The second kappa shape index (κ2) is 9.01. The number of ether oxygens (including phenoxy) is 1. The highest BCUT2D eigenvalue weighted by atomic mass is 16.5. The molecule has 0 radical (unpaired) electrons. The Bertz CT molecular complexity index is 673. The van der Waals surface area contributed by atoms with Gasteiger partial charge in [-0.1, -0.05) is 0 Å². The van der Waals surface area contributed by atoms with Crippen LogP contribution in [0.5, 0.6) is 0 Å². The molecule has 1 aromatic rings. The van der Waals surface area contributed by atoms with Crippen LogP contribution in [0.2, 0.25) is 0 Å². The minimum absolute atomic E-state index is 0.0541. The maximum atomic E-state index is 12.7. The van der Waals surface area contributed by atoms with Crippen molar-refractivity contribution in [2.75, 3.05) is 39.4 Å². The van der Waals surface area contributed by atoms with Gasteiger partial charge in [-0.25, -0.2) is 0 Å². The van der Waals surface area contributed by atoms with E-state index in [1.807, 2.05) is 4.90 Å². The summed E-state index contributed by atoms with van der Waals surface area (Å²) >= 11 is 0. The van der Waals surface area contributed by atoms with Crippen molar-refractivity contribution in [1.82, 2.24) is 20.1 Å². The number of pyridine rings is 1. The highest BCUT2D eigenvalue weighted by Crippen LogP contribution is 2.35. The van der Waals surface area contributed by atoms with Crippen molar-refractivity contribution in [1.29, 1.82) is 0 Å². The summed E-state index contributed by atoms with van der Waals surface area (Å²) in [4.78, 5) is 33.5. The first-order valence-corrected chi connectivity index (χ1v) is 10.5. The molecule has 1 saturated carbocycles. The van der Waals surface area contributed by atoms with Gasteiger partial charge in [0, 0.05) is 62.6 Å². The first-order chi connectivity index (χ1) is 13.7. The quantitative estimate of drug-likeness (QED) is 0.765. The number of morpholine rings is 1. The molecule has 152 valence electrons. The third-order valence-corrected chi connectivity index (χ3v) is 6.15. The molecule has 28 heavy (non-hydrogen) atoms. The third-order valence-electron chi connectivity index (χ3n) is 6.15. The maximum Gasteiger partial charge on any atom is 0.251 e. The summed E-state index contributed by atoms with van der Waals surface area (Å²) < 4.78 is 5.36. The molecule has 0 spiro atoms. The van der Waals surface area contributed by atoms with Crippen molar-refractivity contribution in [3.05, 3.63) is 30.1 Å². The Morgan fingerprint density at radius 2 is 1.79 bits per heavy atom. The number of carbonyl (C=O) groups excluding carboxylic acids is 2. The molecule has 7 nitrogen and oxygen atoms in total. The van der Waals surface area contributed by atoms with Crippen molar-refractivity contribution in [3.8, 4) is 0 Å². The van der Waals surface area contributed by atoms with Gasteiger partial charge >= 0.3 is 0 Å². The summed E-state index contributed by atoms with van der Waals surface area (Å²) in [5.41, 5.74) is 0.640. The van der Waals surface area contributed by atoms with Gasteiger partial charge in [0.1, 0.15) is 0 Å². The lowest BCUT2D eigenvalue weighted by Crippen LogP contribution is -2.47. The molecule has 1 aromatic heterocycles. The molecule has 0 bridgehead atoms. The van der Waals surface area contributed by atoms with Crippen LogP contribution >= 0.6 is 0 Å². The largest absolute Gasteiger partial charge is 0.378 e. The molecule has 7 heteroatoms. The van der Waals surface area contributed by atoms with E-state index in [0.29, 0.717) is 56.9 Å². The predicted octanol–water partition coefficient (Wildman–Crippen LogP) is 1.30. The van der Waals surface area contributed by atoms with Gasteiger partial charge in [0.2, 0.25) is 5.91 Å². The molecular weight excluding hydrogens is 356 g/mol. The molecule has 1 N–H and O–H groups in total. The van der Waals surface area contributed by atoms with E-state index in [9.17, 15) is 9.59 Å². The lowest BCUT2D eigenvalue weighted by Gasteiger charge is -2.33. The molecule has 0 aromatic carbocycles. The molecule has 3 aliphatic rings. The van der Waals surface area contributed by atoms with Gasteiger partial charge < -0.3 is 15.0 Å². The second-order valence-electron chi connectivity index (χ2n) is 8.17. The smallest absolute Gasteiger partial charge is 0.251 e. The zero-order chi connectivity index (χ0) is 19.3. The molecule has 0 unspecified atom stereocenters. The first-order valence-electron chi connectivity index (χ1n) is 10.5. The van der Waals surface area contributed by atoms with E-state index in [2.05, 4.69) is 15.2 Å². The Balaban J connectivity index is 1.33. The molecule has 3 heterocycles. The van der Waals surface area contributed by atoms with E-state index in [-0.39, 0.29) is 11.8 Å². The van der Waals surface area contributed by atoms with Crippen LogP contribution < -0.4 is 5.32 Å². The van der Waals surface area contributed by atoms with E-state index < -0.39 is 0 Å². The van der Waals surface area contributed by atoms with Crippen molar-refractivity contribution in [2.45, 2.75) is 44.2 Å². The van der Waals surface area contributed by atoms with Crippen LogP contribution in [0.3, 0.4) is 0 Å². The molecule has 2 saturated heterocycles. The lowest BCUT2D eigenvalue weighted by molar-refractivity contribution is -0.136. The van der Waals surface area contributed by atoms with Crippen LogP contribution in [-0.4, -0.2) is 78.1 Å². The number of nitrogens with one attached hydrogen (secondary N) is 1. The average Bonchev–Trinajstić information content (AvgIpc) is 3.49. The molecule has 4 rings (SSSR count). The first kappa shape index (κ1) is 19.3. The maximum absolute atomic E-state index is 12.7. The van der Waals surface area contributed by atoms with E-state index in [4.69, 9.17) is 4.74 Å². The Morgan fingerprint density at radius 3 is 2.50 bits per heavy atom. The highest BCUT2D eigenvalue weighted by Gasteiger charge is 2.38. The van der Waals surface area contributed by atoms with Crippen LogP contribution in [0.4, 0.5) is 0 Å². The van der Waals surface area contributed by atoms with E-state index >= 15 is 0 Å². The monoisotopic (exact) mass is 386 g/mol. The van der Waals surface area contributed by atoms with E-state index in [0.717, 1.165) is 25.3 Å². The molecule has 1 aliphatic carbocycles. The van der Waals surface area contributed by atoms with Gasteiger partial charge in [-0.05, 0) is 43.7 Å². The average molecular weight is 386 g/mol. The normalized spacial score (nSPS) is 25.6. The standard InChI is InChI=1S/C21H30N4O3/c26-20(24-9-11-28-12-10-24)13-18-3-4-19(25(18)15-16-1-2-16)14-23-21(27)17-5-7-22-8-6-17/h5-8,16,18-19H,1-4,9-15H2,(H,23,27)/t18-,19+/m1/s1. The minimum atomic E-state index is -0.0541. The zero-order valence-corrected chi connectivity index (χ0v) is 16.4. The zero-order valence-electron chi connectivity index (χ0n) is 16.4. The molecule has 2 atom stereocenters. The van der Waals surface area contributed by atoms with Gasteiger partial charge in [0.05, 0.1) is 13.2 Å². The van der Waals surface area contributed by atoms with E-state index in [1.54, 1.807) is 24.5 Å². The number of likely N-dealkylation sites (tertiary alicyclic amines) is 1. The van der Waals surface area contributed by atoms with Crippen LogP contribution in [0.25, 0.3) is 0 Å². The fraction of sp³-hybridized carbons (Fsp3) is 0.667. The van der Waals surface area contributed by atoms with Gasteiger partial charge in [-0.15, -0.1) is 0 Å². The van der Waals surface area contributed by atoms with Crippen molar-refractivity contribution in [2.24, 2.45) is 5.92 Å². The number of hydrogen-bond donors (Lipinski definition) is 1. The number of amides is 2. The van der Waals surface area contributed by atoms with Crippen LogP contribution in [0, 0.1) is 5.92 Å². The molecule has 2 amide bonds. The van der Waals surface area contributed by atoms with Crippen LogP contribution in [0.1, 0.15) is 42.5 Å². The summed E-state index contributed by atoms with van der Waals surface area (Å²) in [6.07, 6.45) is 8.49. The Labute approximate surface area is 166 Å². The van der Waals surface area contributed by atoms with Gasteiger partial charge in [0.15, 0.2) is 0 Å². The Hall–Kier alpha value is -1.99. The number of carbonyl (C=O) groups is 2. The second-order valence-corrected chi connectivity index (χ2v) is 8.17. The highest BCUT2D eigenvalue weighted by molar-refractivity contribution is 5.93. The number of aromatic nitrogens is 1. The van der Waals surface area contributed by atoms with Gasteiger partial charge in [-0.3, -0.25) is 19.5 Å². The van der Waals surface area contributed by atoms with Crippen molar-refractivity contribution < 1.29 is 14.3 Å². The number of nitrogens with zero attached hydrogens (tertiary/aromatic N) is 3. The van der Waals surface area contributed by atoms with Gasteiger partial charge in [-0.2, -0.15) is 0 Å². The number of rotatable bonds is 7. The van der Waals surface area contributed by atoms with Crippen LogP contribution in [-0.2, 0) is 9.53 Å². The third kappa shape index (κ3) is 4.89. The fourth-order valence-corrected chi connectivity index (χ4v) is 4.31. The SMILES string of the molecule is O=C(NC[C@@H]1CC[C@H](CC(=O)N2CCOCC2)N1CC1CC1)c1ccncc1. The Kier molecular flexibility index (Phi) is 6.22. The van der Waals surface area contributed by atoms with Crippen molar-refractivity contribution in [3.63, 3.8) is 0 Å². The van der Waals surface area contributed by atoms with Gasteiger partial charge in [0.25, 0.3) is 5.91 Å². The summed E-state index contributed by atoms with van der Waals surface area (Å²) in [5.74, 6) is 0.953. The molecule has 2 aliphatic heterocycles. The predicted molar refractivity (Wildman–Crippen MR) is 105 cm³/mol. The van der Waals surface area contributed by atoms with Crippen LogP contribution in [0.15, 0.2) is 24.5 Å². The summed E-state index contributed by atoms with van der Waals surface area (Å²) in [5, 5.41) is 3.08. The lowest BCUT2D eigenvalue weighted by atomic mass is 10.1. The fourth-order valence-electron chi connectivity index (χ4n) is 4.31. The Morgan fingerprint density at radius 1 is 1.07 bits per heavy atom. The summed E-state index contributed by atoms with van der Waals surface area (Å²) in [6.45, 7) is 4.39. The molecule has 3 fully saturated rings. The summed E-state index contributed by atoms with van der Waals surface area (Å²) in [7, 11) is 0. The minimum Gasteiger partial charge on any atom is -0.378 e. The summed E-state index contributed by atoms with van der Waals surface area (Å²) in [6, 6.07) is 4.07.